The van der Waals surface area contributed by atoms with Gasteiger partial charge in [-0.25, -0.2) is 0 Å². The van der Waals surface area contributed by atoms with E-state index in [1.807, 2.05) is 0 Å². The first-order valence-corrected chi connectivity index (χ1v) is 10.6. The molecular formula is C18H32O16. The maximum absolute atomic E-state index is 10.7. The molecular weight excluding hydrogens is 472 g/mol. The normalized spacial score (nSPS) is 52.5. The highest BCUT2D eigenvalue weighted by Gasteiger charge is 2.53. The van der Waals surface area contributed by atoms with Crippen molar-refractivity contribution in [2.75, 3.05) is 26.4 Å². The molecule has 3 heterocycles. The van der Waals surface area contributed by atoms with E-state index in [2.05, 4.69) is 0 Å². The lowest BCUT2D eigenvalue weighted by molar-refractivity contribution is -0.375. The fourth-order valence-corrected chi connectivity index (χ4v) is 3.97. The highest BCUT2D eigenvalue weighted by Crippen LogP contribution is 2.31. The first-order valence-electron chi connectivity index (χ1n) is 10.6. The van der Waals surface area contributed by atoms with E-state index in [9.17, 15) is 56.2 Å². The Morgan fingerprint density at radius 2 is 1.41 bits per heavy atom. The molecule has 16 heteroatoms. The van der Waals surface area contributed by atoms with Gasteiger partial charge in [0, 0.05) is 0 Å². The Labute approximate surface area is 192 Å². The highest BCUT2D eigenvalue weighted by molar-refractivity contribution is 4.96. The van der Waals surface area contributed by atoms with Crippen LogP contribution in [0.3, 0.4) is 0 Å². The van der Waals surface area contributed by atoms with Crippen LogP contribution in [-0.2, 0) is 23.7 Å². The largest absolute Gasteiger partial charge is 0.394 e. The van der Waals surface area contributed by atoms with Crippen molar-refractivity contribution in [2.24, 2.45) is 0 Å². The van der Waals surface area contributed by atoms with Crippen LogP contribution in [0.5, 0.6) is 0 Å². The number of aliphatic hydroxyl groups excluding tert-OH is 11. The van der Waals surface area contributed by atoms with E-state index in [0.717, 1.165) is 0 Å². The van der Waals surface area contributed by atoms with Crippen molar-refractivity contribution in [1.29, 1.82) is 0 Å². The van der Waals surface area contributed by atoms with Gasteiger partial charge in [0.1, 0.15) is 73.8 Å². The maximum Gasteiger partial charge on any atom is 0.221 e. The topological polar surface area (TPSA) is 269 Å². The van der Waals surface area contributed by atoms with Crippen molar-refractivity contribution in [1.82, 2.24) is 0 Å². The zero-order chi connectivity index (χ0) is 25.4. The van der Waals surface area contributed by atoms with Crippen molar-refractivity contribution in [3.8, 4) is 0 Å². The van der Waals surface area contributed by atoms with Gasteiger partial charge in [0.05, 0.1) is 19.8 Å². The van der Waals surface area contributed by atoms with Crippen molar-refractivity contribution >= 4 is 0 Å². The maximum atomic E-state index is 10.7. The molecule has 0 aromatic carbocycles. The van der Waals surface area contributed by atoms with Crippen LogP contribution >= 0.6 is 0 Å². The average molecular weight is 504 g/mol. The molecule has 0 aromatic rings. The van der Waals surface area contributed by atoms with E-state index in [1.54, 1.807) is 0 Å². The molecule has 0 amide bonds. The predicted molar refractivity (Wildman–Crippen MR) is 101 cm³/mol. The summed E-state index contributed by atoms with van der Waals surface area (Å²) < 4.78 is 26.1. The minimum atomic E-state index is -2.21. The van der Waals surface area contributed by atoms with Gasteiger partial charge >= 0.3 is 0 Å². The molecule has 0 aromatic heterocycles. The van der Waals surface area contributed by atoms with Crippen molar-refractivity contribution in [2.45, 2.75) is 85.5 Å². The molecule has 14 atom stereocenters. The molecule has 0 radical (unpaired) electrons. The molecule has 0 unspecified atom stereocenters. The van der Waals surface area contributed by atoms with E-state index in [4.69, 9.17) is 23.7 Å². The monoisotopic (exact) mass is 504 g/mol. The van der Waals surface area contributed by atoms with Gasteiger partial charge in [0.2, 0.25) is 5.79 Å². The first kappa shape index (κ1) is 27.9. The molecule has 3 fully saturated rings. The van der Waals surface area contributed by atoms with E-state index < -0.39 is 112 Å². The summed E-state index contributed by atoms with van der Waals surface area (Å²) in [4.78, 5) is 0. The molecule has 0 spiro atoms. The zero-order valence-corrected chi connectivity index (χ0v) is 17.8. The lowest BCUT2D eigenvalue weighted by Crippen LogP contribution is -2.66. The minimum absolute atomic E-state index is 0.503. The number of hydrogen-bond acceptors (Lipinski definition) is 16. The van der Waals surface area contributed by atoms with E-state index in [0.29, 0.717) is 0 Å². The quantitative estimate of drug-likeness (QED) is 0.154. The van der Waals surface area contributed by atoms with Gasteiger partial charge in [-0.3, -0.25) is 0 Å². The molecule has 11 N–H and O–H groups in total. The average Bonchev–Trinajstić information content (AvgIpc) is 2.83. The van der Waals surface area contributed by atoms with Gasteiger partial charge in [-0.05, 0) is 0 Å². The summed E-state index contributed by atoms with van der Waals surface area (Å²) in [6, 6.07) is 0. The van der Waals surface area contributed by atoms with E-state index >= 15 is 0 Å². The zero-order valence-electron chi connectivity index (χ0n) is 17.8. The van der Waals surface area contributed by atoms with Crippen LogP contribution in [0, 0.1) is 0 Å². The summed E-state index contributed by atoms with van der Waals surface area (Å²) in [5.41, 5.74) is 0. The van der Waals surface area contributed by atoms with Crippen molar-refractivity contribution < 1.29 is 79.9 Å². The van der Waals surface area contributed by atoms with Crippen LogP contribution in [0.15, 0.2) is 0 Å². The third kappa shape index (κ3) is 5.23. The van der Waals surface area contributed by atoms with Gasteiger partial charge in [-0.2, -0.15) is 0 Å². The summed E-state index contributed by atoms with van der Waals surface area (Å²) >= 11 is 0. The Balaban J connectivity index is 1.70. The highest BCUT2D eigenvalue weighted by atomic mass is 16.7. The molecule has 3 aliphatic rings. The van der Waals surface area contributed by atoms with Crippen molar-refractivity contribution in [3.05, 3.63) is 0 Å². The van der Waals surface area contributed by atoms with Gasteiger partial charge in [-0.1, -0.05) is 0 Å². The van der Waals surface area contributed by atoms with Crippen LogP contribution in [0.2, 0.25) is 0 Å². The molecule has 0 saturated carbocycles. The molecule has 3 aliphatic heterocycles. The number of hydrogen-bond donors (Lipinski definition) is 11. The second kappa shape index (κ2) is 11.2. The number of rotatable bonds is 7. The van der Waals surface area contributed by atoms with Crippen LogP contribution in [0.4, 0.5) is 0 Å². The van der Waals surface area contributed by atoms with Gasteiger partial charge in [-0.15, -0.1) is 0 Å². The predicted octanol–water partition coefficient (Wildman–Crippen LogP) is -7.57. The van der Waals surface area contributed by atoms with Crippen molar-refractivity contribution in [3.63, 3.8) is 0 Å². The molecule has 0 aliphatic carbocycles. The minimum Gasteiger partial charge on any atom is -0.394 e. The molecule has 200 valence electrons. The summed E-state index contributed by atoms with van der Waals surface area (Å²) in [7, 11) is 0. The third-order valence-corrected chi connectivity index (χ3v) is 6.18. The van der Waals surface area contributed by atoms with Crippen LogP contribution in [-0.4, -0.2) is 168 Å². The first-order chi connectivity index (χ1) is 16.0. The Morgan fingerprint density at radius 1 is 0.735 bits per heavy atom. The Morgan fingerprint density at radius 3 is 2.03 bits per heavy atom. The standard InChI is InChI=1S/C18H32O16/c19-1-6-9(23)11(25)12(26)17(33-6)34-14-10(24)7(32-16(29)13(14)27)3-31-18(4-20)15(28)8(22)5(21)2-30-18/h5-17,19-29H,1-4H2/t5-,6-,7-,8-,9-,10-,11+,12-,13-,14+,15+,16+,17+,18+/m1/s1. The molecule has 16 nitrogen and oxygen atoms in total. The van der Waals surface area contributed by atoms with Gasteiger partial charge in [0.15, 0.2) is 12.6 Å². The third-order valence-electron chi connectivity index (χ3n) is 6.18. The molecule has 34 heavy (non-hydrogen) atoms. The van der Waals surface area contributed by atoms with Gasteiger partial charge < -0.3 is 79.9 Å². The fourth-order valence-electron chi connectivity index (χ4n) is 3.97. The Bertz CT molecular complexity index is 653. The van der Waals surface area contributed by atoms with Crippen LogP contribution in [0.1, 0.15) is 0 Å². The summed E-state index contributed by atoms with van der Waals surface area (Å²) in [6.45, 7) is -2.93. The summed E-state index contributed by atoms with van der Waals surface area (Å²) in [6.07, 6.45) is -22.4. The van der Waals surface area contributed by atoms with Crippen LogP contribution < -0.4 is 0 Å². The summed E-state index contributed by atoms with van der Waals surface area (Å²) in [5, 5.41) is 109. The smallest absolute Gasteiger partial charge is 0.221 e. The summed E-state index contributed by atoms with van der Waals surface area (Å²) in [5.74, 6) is -2.21. The lowest BCUT2D eigenvalue weighted by atomic mass is 9.96. The molecule has 0 bridgehead atoms. The Hall–Kier alpha value is -0.640. The molecule has 3 rings (SSSR count). The fraction of sp³-hybridized carbons (Fsp3) is 1.00. The van der Waals surface area contributed by atoms with E-state index in [-0.39, 0.29) is 0 Å². The van der Waals surface area contributed by atoms with Gasteiger partial charge in [0.25, 0.3) is 0 Å². The number of ether oxygens (including phenoxy) is 5. The SMILES string of the molecule is OC[C@H]1O[C@@H](O[C@@H]2[C@@H](O)[C@@H](O)O[C@H](CO[C@]3(CO)OC[C@@H](O)[C@@H](O)[C@@H]3O)[C@H]2O)[C@H](O)[C@@H](O)[C@@H]1O. The number of aliphatic hydroxyl groups is 11. The second-order valence-electron chi connectivity index (χ2n) is 8.44. The van der Waals surface area contributed by atoms with Crippen LogP contribution in [0.25, 0.3) is 0 Å². The van der Waals surface area contributed by atoms with E-state index in [1.165, 1.54) is 0 Å². The lowest BCUT2D eigenvalue weighted by Gasteiger charge is -2.47. The molecule has 3 saturated heterocycles. The Kier molecular flexibility index (Phi) is 9.18. The second-order valence-corrected chi connectivity index (χ2v) is 8.44.